The van der Waals surface area contributed by atoms with E-state index in [0.29, 0.717) is 0 Å². The molecule has 0 amide bonds. The molecule has 0 aliphatic heterocycles. The van der Waals surface area contributed by atoms with Crippen LogP contribution < -0.4 is 0 Å². The maximum Gasteiger partial charge on any atom is 0.303 e. The molecule has 0 aromatic carbocycles. The van der Waals surface area contributed by atoms with Crippen LogP contribution in [0.3, 0.4) is 0 Å². The van der Waals surface area contributed by atoms with Gasteiger partial charge in [-0.15, -0.1) is 11.3 Å². The van der Waals surface area contributed by atoms with Crippen molar-refractivity contribution in [1.82, 2.24) is 4.90 Å². The van der Waals surface area contributed by atoms with Crippen molar-refractivity contribution in [3.05, 3.63) is 22.4 Å². The van der Waals surface area contributed by atoms with E-state index in [0.717, 1.165) is 37.4 Å². The smallest absolute Gasteiger partial charge is 0.303 e. The van der Waals surface area contributed by atoms with E-state index in [-0.39, 0.29) is 12.1 Å². The lowest BCUT2D eigenvalue weighted by atomic mass is 10.1. The average Bonchev–Trinajstić information content (AvgIpc) is 2.86. The van der Waals surface area contributed by atoms with Gasteiger partial charge in [0.2, 0.25) is 0 Å². The molecule has 18 heavy (non-hydrogen) atoms. The van der Waals surface area contributed by atoms with Crippen molar-refractivity contribution < 1.29 is 9.53 Å². The van der Waals surface area contributed by atoms with Crippen LogP contribution in [0.4, 0.5) is 0 Å². The molecule has 0 aliphatic rings. The van der Waals surface area contributed by atoms with Gasteiger partial charge in [-0.05, 0) is 43.9 Å². The fourth-order valence-corrected chi connectivity index (χ4v) is 2.76. The minimum Gasteiger partial charge on any atom is -0.457 e. The van der Waals surface area contributed by atoms with Gasteiger partial charge in [0, 0.05) is 11.8 Å². The SMILES string of the molecule is CCN(CC)CCC[C@H](OC(C)=O)c1cccs1. The summed E-state index contributed by atoms with van der Waals surface area (Å²) in [7, 11) is 0. The van der Waals surface area contributed by atoms with Crippen molar-refractivity contribution in [3.8, 4) is 0 Å². The summed E-state index contributed by atoms with van der Waals surface area (Å²) < 4.78 is 5.40. The van der Waals surface area contributed by atoms with Gasteiger partial charge >= 0.3 is 5.97 Å². The van der Waals surface area contributed by atoms with Crippen molar-refractivity contribution >= 4 is 17.3 Å². The van der Waals surface area contributed by atoms with Crippen LogP contribution in [-0.4, -0.2) is 30.5 Å². The third-order valence-electron chi connectivity index (χ3n) is 3.00. The lowest BCUT2D eigenvalue weighted by Gasteiger charge is -2.20. The third-order valence-corrected chi connectivity index (χ3v) is 3.97. The van der Waals surface area contributed by atoms with Crippen LogP contribution in [0.2, 0.25) is 0 Å². The van der Waals surface area contributed by atoms with Crippen molar-refractivity contribution in [1.29, 1.82) is 0 Å². The van der Waals surface area contributed by atoms with Crippen LogP contribution in [0.25, 0.3) is 0 Å². The first-order valence-corrected chi connectivity index (χ1v) is 7.48. The highest BCUT2D eigenvalue weighted by Gasteiger charge is 2.15. The molecule has 3 nitrogen and oxygen atoms in total. The summed E-state index contributed by atoms with van der Waals surface area (Å²) in [6.07, 6.45) is 1.88. The minimum absolute atomic E-state index is 0.0712. The van der Waals surface area contributed by atoms with E-state index >= 15 is 0 Å². The molecule has 1 rings (SSSR count). The second-order valence-corrected chi connectivity index (χ2v) is 5.26. The molecule has 0 N–H and O–H groups in total. The quantitative estimate of drug-likeness (QED) is 0.677. The minimum atomic E-state index is -0.198. The number of hydrogen-bond donors (Lipinski definition) is 0. The highest BCUT2D eigenvalue weighted by molar-refractivity contribution is 7.10. The first kappa shape index (κ1) is 15.2. The Balaban J connectivity index is 2.45. The zero-order valence-electron chi connectivity index (χ0n) is 11.5. The zero-order valence-corrected chi connectivity index (χ0v) is 12.3. The van der Waals surface area contributed by atoms with Crippen LogP contribution in [-0.2, 0) is 9.53 Å². The van der Waals surface area contributed by atoms with E-state index in [1.165, 1.54) is 6.92 Å². The third kappa shape index (κ3) is 5.19. The van der Waals surface area contributed by atoms with E-state index in [1.807, 2.05) is 17.5 Å². The van der Waals surface area contributed by atoms with Crippen molar-refractivity contribution in [2.45, 2.75) is 39.7 Å². The molecule has 0 radical (unpaired) electrons. The number of nitrogens with zero attached hydrogens (tertiary/aromatic N) is 1. The summed E-state index contributed by atoms with van der Waals surface area (Å²) >= 11 is 1.65. The van der Waals surface area contributed by atoms with Gasteiger partial charge < -0.3 is 9.64 Å². The number of hydrogen-bond acceptors (Lipinski definition) is 4. The molecule has 1 atom stereocenters. The van der Waals surface area contributed by atoms with Gasteiger partial charge in [-0.3, -0.25) is 4.79 Å². The Bertz CT molecular complexity index is 334. The van der Waals surface area contributed by atoms with Gasteiger partial charge in [0.25, 0.3) is 0 Å². The van der Waals surface area contributed by atoms with Gasteiger partial charge in [-0.2, -0.15) is 0 Å². The largest absolute Gasteiger partial charge is 0.457 e. The van der Waals surface area contributed by atoms with Gasteiger partial charge in [-0.1, -0.05) is 19.9 Å². The molecule has 4 heteroatoms. The molecule has 1 aromatic rings. The Morgan fingerprint density at radius 2 is 2.17 bits per heavy atom. The Kier molecular flexibility index (Phi) is 6.98. The van der Waals surface area contributed by atoms with E-state index in [1.54, 1.807) is 11.3 Å². The van der Waals surface area contributed by atoms with Gasteiger partial charge in [0.05, 0.1) is 0 Å². The predicted octanol–water partition coefficient (Wildman–Crippen LogP) is 3.47. The van der Waals surface area contributed by atoms with E-state index in [9.17, 15) is 4.79 Å². The Morgan fingerprint density at radius 1 is 1.44 bits per heavy atom. The van der Waals surface area contributed by atoms with Crippen LogP contribution in [0.5, 0.6) is 0 Å². The number of esters is 1. The van der Waals surface area contributed by atoms with Crippen LogP contribution in [0, 0.1) is 0 Å². The number of carbonyl (C=O) groups is 1. The van der Waals surface area contributed by atoms with Crippen LogP contribution in [0.1, 0.15) is 44.6 Å². The maximum atomic E-state index is 11.1. The summed E-state index contributed by atoms with van der Waals surface area (Å²) in [6, 6.07) is 4.04. The fraction of sp³-hybridized carbons (Fsp3) is 0.643. The number of thiophene rings is 1. The molecule has 0 unspecified atom stereocenters. The molecule has 1 heterocycles. The first-order valence-electron chi connectivity index (χ1n) is 6.60. The molecule has 0 fully saturated rings. The molecule has 0 aliphatic carbocycles. The number of ether oxygens (including phenoxy) is 1. The lowest BCUT2D eigenvalue weighted by Crippen LogP contribution is -2.24. The summed E-state index contributed by atoms with van der Waals surface area (Å²) in [5.41, 5.74) is 0. The van der Waals surface area contributed by atoms with Crippen molar-refractivity contribution in [2.75, 3.05) is 19.6 Å². The average molecular weight is 269 g/mol. The predicted molar refractivity (Wildman–Crippen MR) is 75.8 cm³/mol. The van der Waals surface area contributed by atoms with E-state index < -0.39 is 0 Å². The topological polar surface area (TPSA) is 29.5 Å². The highest BCUT2D eigenvalue weighted by Crippen LogP contribution is 2.27. The maximum absolute atomic E-state index is 11.1. The normalized spacial score (nSPS) is 12.7. The van der Waals surface area contributed by atoms with E-state index in [4.69, 9.17) is 4.74 Å². The van der Waals surface area contributed by atoms with Crippen molar-refractivity contribution in [2.24, 2.45) is 0 Å². The Morgan fingerprint density at radius 3 is 2.67 bits per heavy atom. The summed E-state index contributed by atoms with van der Waals surface area (Å²) in [6.45, 7) is 9.04. The second-order valence-electron chi connectivity index (χ2n) is 4.28. The number of rotatable bonds is 8. The summed E-state index contributed by atoms with van der Waals surface area (Å²) in [5, 5.41) is 2.02. The summed E-state index contributed by atoms with van der Waals surface area (Å²) in [4.78, 5) is 14.7. The van der Waals surface area contributed by atoms with Gasteiger partial charge in [0.1, 0.15) is 6.10 Å². The lowest BCUT2D eigenvalue weighted by molar-refractivity contribution is -0.147. The van der Waals surface area contributed by atoms with Gasteiger partial charge in [-0.25, -0.2) is 0 Å². The molecule has 0 bridgehead atoms. The molecule has 0 spiro atoms. The Labute approximate surface area is 114 Å². The second kappa shape index (κ2) is 8.27. The fourth-order valence-electron chi connectivity index (χ4n) is 1.97. The molecular formula is C14H23NO2S. The van der Waals surface area contributed by atoms with Crippen molar-refractivity contribution in [3.63, 3.8) is 0 Å². The standard InChI is InChI=1S/C14H23NO2S/c1-4-15(5-2)10-6-8-13(17-12(3)16)14-9-7-11-18-14/h7,9,11,13H,4-6,8,10H2,1-3H3/t13-/m0/s1. The molecule has 1 aromatic heterocycles. The molecule has 102 valence electrons. The van der Waals surface area contributed by atoms with Crippen LogP contribution in [0.15, 0.2) is 17.5 Å². The first-order chi connectivity index (χ1) is 8.67. The van der Waals surface area contributed by atoms with Gasteiger partial charge in [0.15, 0.2) is 0 Å². The molecule has 0 saturated heterocycles. The van der Waals surface area contributed by atoms with E-state index in [2.05, 4.69) is 18.7 Å². The monoisotopic (exact) mass is 269 g/mol. The highest BCUT2D eigenvalue weighted by atomic mass is 32.1. The molecular weight excluding hydrogens is 246 g/mol. The van der Waals surface area contributed by atoms with Crippen LogP contribution >= 0.6 is 11.3 Å². The molecule has 0 saturated carbocycles. The Hall–Kier alpha value is -0.870. The summed E-state index contributed by atoms with van der Waals surface area (Å²) in [5.74, 6) is -0.198. The zero-order chi connectivity index (χ0) is 13.4. The number of carbonyl (C=O) groups excluding carboxylic acids is 1.